The van der Waals surface area contributed by atoms with E-state index in [1.54, 1.807) is 11.6 Å². The lowest BCUT2D eigenvalue weighted by Gasteiger charge is -2.57. The van der Waals surface area contributed by atoms with Crippen LogP contribution in [0.2, 0.25) is 0 Å². The molecule has 31 heavy (non-hydrogen) atoms. The van der Waals surface area contributed by atoms with Gasteiger partial charge in [-0.2, -0.15) is 0 Å². The van der Waals surface area contributed by atoms with Gasteiger partial charge in [-0.3, -0.25) is 4.79 Å². The van der Waals surface area contributed by atoms with Crippen LogP contribution in [0.4, 0.5) is 0 Å². The van der Waals surface area contributed by atoms with Crippen molar-refractivity contribution >= 4 is 11.9 Å². The van der Waals surface area contributed by atoms with Crippen molar-refractivity contribution in [3.8, 4) is 0 Å². The predicted octanol–water partition coefficient (Wildman–Crippen LogP) is 5.86. The van der Waals surface area contributed by atoms with Gasteiger partial charge < -0.3 is 9.47 Å². The van der Waals surface area contributed by atoms with Crippen molar-refractivity contribution in [2.45, 2.75) is 85.2 Å². The van der Waals surface area contributed by atoms with Crippen LogP contribution in [0, 0.1) is 40.4 Å². The van der Waals surface area contributed by atoms with Crippen molar-refractivity contribution < 1.29 is 19.1 Å². The molecule has 3 saturated carbocycles. The molecule has 0 spiro atoms. The monoisotopic (exact) mass is 428 g/mol. The average molecular weight is 429 g/mol. The van der Waals surface area contributed by atoms with Crippen LogP contribution in [-0.2, 0) is 19.1 Å². The summed E-state index contributed by atoms with van der Waals surface area (Å²) >= 11 is 0. The molecule has 4 aliphatic carbocycles. The maximum absolute atomic E-state index is 11.6. The highest BCUT2D eigenvalue weighted by Gasteiger charge is 2.57. The van der Waals surface area contributed by atoms with Gasteiger partial charge in [-0.25, -0.2) is 4.79 Å². The van der Waals surface area contributed by atoms with E-state index in [1.807, 2.05) is 0 Å². The quantitative estimate of drug-likeness (QED) is 0.320. The van der Waals surface area contributed by atoms with Gasteiger partial charge in [-0.1, -0.05) is 38.5 Å². The Balaban J connectivity index is 1.53. The SMILES string of the molecule is COC(=O)/C=C/[C@@H](C)C1CC[C@H]2[C@@H]3CC[C@@H]4C[C@H](OC(C)=O)CC[C@]4(C)C3=CC[C@]12C. The first-order chi connectivity index (χ1) is 14.7. The second kappa shape index (κ2) is 8.41. The molecule has 4 rings (SSSR count). The standard InChI is InChI=1S/C27H40O4/c1-17(6-11-25(29)30-5)22-9-10-23-21-8-7-19-16-20(31-18(2)28)12-14-26(19,3)24(21)13-15-27(22,23)4/h6,11,13,17,19-23H,7-10,12,14-16H2,1-5H3/b11-6+/t17-,19-,20-,21+,22?,23+,26+,27-/m1/s1. The lowest BCUT2D eigenvalue weighted by atomic mass is 9.48. The van der Waals surface area contributed by atoms with E-state index in [1.165, 1.54) is 39.7 Å². The summed E-state index contributed by atoms with van der Waals surface area (Å²) in [6.07, 6.45) is 15.8. The summed E-state index contributed by atoms with van der Waals surface area (Å²) in [5.41, 5.74) is 2.31. The number of carbonyl (C=O) groups excluding carboxylic acids is 2. The minimum atomic E-state index is -0.257. The fourth-order valence-electron chi connectivity index (χ4n) is 8.16. The third kappa shape index (κ3) is 3.89. The van der Waals surface area contributed by atoms with Crippen molar-refractivity contribution in [1.82, 2.24) is 0 Å². The zero-order valence-electron chi connectivity index (χ0n) is 20.0. The second-order valence-electron chi connectivity index (χ2n) is 11.2. The fraction of sp³-hybridized carbons (Fsp3) is 0.778. The molecular formula is C27H40O4. The number of methoxy groups -OCH3 is 1. The third-order valence-corrected chi connectivity index (χ3v) is 9.75. The van der Waals surface area contributed by atoms with Crippen LogP contribution in [0.1, 0.15) is 79.1 Å². The summed E-state index contributed by atoms with van der Waals surface area (Å²) in [5.74, 6) is 2.69. The van der Waals surface area contributed by atoms with E-state index in [0.717, 1.165) is 31.6 Å². The number of hydrogen-bond acceptors (Lipinski definition) is 4. The molecule has 172 valence electrons. The Labute approximate surface area is 187 Å². The van der Waals surface area contributed by atoms with E-state index in [-0.39, 0.29) is 23.5 Å². The molecule has 3 fully saturated rings. The highest BCUT2D eigenvalue weighted by atomic mass is 16.5. The summed E-state index contributed by atoms with van der Waals surface area (Å²) < 4.78 is 10.4. The van der Waals surface area contributed by atoms with E-state index in [0.29, 0.717) is 29.1 Å². The maximum Gasteiger partial charge on any atom is 0.330 e. The minimum absolute atomic E-state index is 0.111. The summed E-state index contributed by atoms with van der Waals surface area (Å²) in [5, 5.41) is 0. The smallest absolute Gasteiger partial charge is 0.330 e. The van der Waals surface area contributed by atoms with Crippen LogP contribution in [0.3, 0.4) is 0 Å². The molecular weight excluding hydrogens is 388 g/mol. The predicted molar refractivity (Wildman–Crippen MR) is 121 cm³/mol. The highest BCUT2D eigenvalue weighted by Crippen LogP contribution is 2.66. The molecule has 0 saturated heterocycles. The first-order valence-corrected chi connectivity index (χ1v) is 12.3. The fourth-order valence-corrected chi connectivity index (χ4v) is 8.16. The molecule has 0 aromatic carbocycles. The van der Waals surface area contributed by atoms with Crippen LogP contribution < -0.4 is 0 Å². The van der Waals surface area contributed by atoms with Crippen molar-refractivity contribution in [2.75, 3.05) is 7.11 Å². The molecule has 0 aliphatic heterocycles. The third-order valence-electron chi connectivity index (χ3n) is 9.75. The molecule has 0 N–H and O–H groups in total. The van der Waals surface area contributed by atoms with E-state index in [9.17, 15) is 9.59 Å². The maximum atomic E-state index is 11.6. The van der Waals surface area contributed by atoms with Crippen molar-refractivity contribution in [3.05, 3.63) is 23.8 Å². The highest BCUT2D eigenvalue weighted by molar-refractivity contribution is 5.81. The van der Waals surface area contributed by atoms with Gasteiger partial charge in [-0.15, -0.1) is 0 Å². The van der Waals surface area contributed by atoms with Gasteiger partial charge in [0, 0.05) is 13.0 Å². The molecule has 4 nitrogen and oxygen atoms in total. The first-order valence-electron chi connectivity index (χ1n) is 12.3. The number of allylic oxidation sites excluding steroid dienone is 3. The zero-order valence-corrected chi connectivity index (χ0v) is 20.0. The van der Waals surface area contributed by atoms with Gasteiger partial charge >= 0.3 is 11.9 Å². The summed E-state index contributed by atoms with van der Waals surface area (Å²) in [4.78, 5) is 23.0. The van der Waals surface area contributed by atoms with Crippen LogP contribution in [0.25, 0.3) is 0 Å². The van der Waals surface area contributed by atoms with Crippen LogP contribution >= 0.6 is 0 Å². The van der Waals surface area contributed by atoms with Gasteiger partial charge in [0.1, 0.15) is 6.10 Å². The van der Waals surface area contributed by atoms with Crippen LogP contribution in [0.15, 0.2) is 23.8 Å². The van der Waals surface area contributed by atoms with E-state index in [2.05, 4.69) is 32.9 Å². The van der Waals surface area contributed by atoms with Crippen LogP contribution in [0.5, 0.6) is 0 Å². The summed E-state index contributed by atoms with van der Waals surface area (Å²) in [6, 6.07) is 0. The average Bonchev–Trinajstić information content (AvgIpc) is 3.09. The van der Waals surface area contributed by atoms with Gasteiger partial charge in [0.2, 0.25) is 0 Å². The molecule has 0 heterocycles. The number of esters is 2. The van der Waals surface area contributed by atoms with Crippen molar-refractivity contribution in [2.24, 2.45) is 40.4 Å². The Bertz CT molecular complexity index is 782. The molecule has 0 aromatic rings. The molecule has 4 aliphatic rings. The summed E-state index contributed by atoms with van der Waals surface area (Å²) in [7, 11) is 1.44. The Kier molecular flexibility index (Phi) is 6.13. The Morgan fingerprint density at radius 2 is 1.94 bits per heavy atom. The lowest BCUT2D eigenvalue weighted by Crippen LogP contribution is -2.49. The van der Waals surface area contributed by atoms with Gasteiger partial charge in [0.05, 0.1) is 7.11 Å². The molecule has 8 atom stereocenters. The first kappa shape index (κ1) is 22.6. The molecule has 1 unspecified atom stereocenters. The zero-order chi connectivity index (χ0) is 22.4. The number of carbonyl (C=O) groups is 2. The number of hydrogen-bond donors (Lipinski definition) is 0. The molecule has 0 bridgehead atoms. The normalized spacial score (nSPS) is 42.7. The van der Waals surface area contributed by atoms with E-state index < -0.39 is 0 Å². The van der Waals surface area contributed by atoms with E-state index in [4.69, 9.17) is 9.47 Å². The molecule has 0 radical (unpaired) electrons. The number of ether oxygens (including phenoxy) is 2. The second-order valence-corrected chi connectivity index (χ2v) is 11.2. The van der Waals surface area contributed by atoms with E-state index >= 15 is 0 Å². The molecule has 0 amide bonds. The summed E-state index contributed by atoms with van der Waals surface area (Å²) in [6.45, 7) is 8.81. The Morgan fingerprint density at radius 1 is 1.16 bits per heavy atom. The van der Waals surface area contributed by atoms with Gasteiger partial charge in [0.25, 0.3) is 0 Å². The molecule has 0 aromatic heterocycles. The number of rotatable bonds is 4. The minimum Gasteiger partial charge on any atom is -0.466 e. The van der Waals surface area contributed by atoms with Crippen molar-refractivity contribution in [1.29, 1.82) is 0 Å². The Morgan fingerprint density at radius 3 is 2.65 bits per heavy atom. The van der Waals surface area contributed by atoms with Gasteiger partial charge in [0.15, 0.2) is 0 Å². The largest absolute Gasteiger partial charge is 0.466 e. The van der Waals surface area contributed by atoms with Gasteiger partial charge in [-0.05, 0) is 91.8 Å². The topological polar surface area (TPSA) is 52.6 Å². The van der Waals surface area contributed by atoms with Crippen molar-refractivity contribution in [3.63, 3.8) is 0 Å². The molecule has 4 heteroatoms. The lowest BCUT2D eigenvalue weighted by molar-refractivity contribution is -0.151. The van der Waals surface area contributed by atoms with Crippen LogP contribution in [-0.4, -0.2) is 25.2 Å². The number of fused-ring (bicyclic) bond motifs is 5. The Hall–Kier alpha value is -1.58.